The molecular formula is C10H12N4O3. The molecule has 0 saturated heterocycles. The van der Waals surface area contributed by atoms with E-state index < -0.39 is 11.9 Å². The Bertz CT molecular complexity index is 472. The number of carbonyl (C=O) groups is 2. The van der Waals surface area contributed by atoms with Gasteiger partial charge in [0.25, 0.3) is 0 Å². The zero-order chi connectivity index (χ0) is 12.8. The van der Waals surface area contributed by atoms with Crippen LogP contribution in [0, 0.1) is 18.3 Å². The Labute approximate surface area is 97.8 Å². The van der Waals surface area contributed by atoms with Crippen molar-refractivity contribution in [1.82, 2.24) is 10.2 Å². The third-order valence-electron chi connectivity index (χ3n) is 1.92. The third kappa shape index (κ3) is 3.04. The number of esters is 1. The number of aromatic amines is 1. The molecule has 1 aromatic heterocycles. The first-order chi connectivity index (χ1) is 8.10. The summed E-state index contributed by atoms with van der Waals surface area (Å²) < 4.78 is 4.83. The van der Waals surface area contributed by atoms with Crippen LogP contribution in [0.4, 0.5) is 5.82 Å². The maximum atomic E-state index is 11.6. The number of H-pyrrole nitrogens is 1. The number of aryl methyl sites for hydroxylation is 1. The van der Waals surface area contributed by atoms with Gasteiger partial charge in [0.15, 0.2) is 5.82 Å². The van der Waals surface area contributed by atoms with Crippen LogP contribution in [0.2, 0.25) is 0 Å². The van der Waals surface area contributed by atoms with Crippen molar-refractivity contribution in [3.63, 3.8) is 0 Å². The van der Waals surface area contributed by atoms with Gasteiger partial charge in [-0.05, 0) is 13.8 Å². The quantitative estimate of drug-likeness (QED) is 0.750. The van der Waals surface area contributed by atoms with Gasteiger partial charge in [-0.3, -0.25) is 9.89 Å². The number of hydrogen-bond donors (Lipinski definition) is 2. The SMILES string of the molecule is CCOC(=O)c1c(NC(=O)CC#N)n[nH]c1C. The number of nitrogens with one attached hydrogen (secondary N) is 2. The zero-order valence-electron chi connectivity index (χ0n) is 9.53. The lowest BCUT2D eigenvalue weighted by molar-refractivity contribution is -0.115. The van der Waals surface area contributed by atoms with Crippen LogP contribution < -0.4 is 5.32 Å². The van der Waals surface area contributed by atoms with Crippen LogP contribution >= 0.6 is 0 Å². The fraction of sp³-hybridized carbons (Fsp3) is 0.400. The van der Waals surface area contributed by atoms with E-state index in [0.717, 1.165) is 0 Å². The highest BCUT2D eigenvalue weighted by molar-refractivity contribution is 6.01. The summed E-state index contributed by atoms with van der Waals surface area (Å²) in [5.74, 6) is -1.00. The van der Waals surface area contributed by atoms with Crippen molar-refractivity contribution in [3.05, 3.63) is 11.3 Å². The molecule has 17 heavy (non-hydrogen) atoms. The highest BCUT2D eigenvalue weighted by Gasteiger charge is 2.20. The van der Waals surface area contributed by atoms with Crippen molar-refractivity contribution in [1.29, 1.82) is 5.26 Å². The molecule has 0 saturated carbocycles. The summed E-state index contributed by atoms with van der Waals surface area (Å²) in [6, 6.07) is 1.70. The van der Waals surface area contributed by atoms with Crippen molar-refractivity contribution in [3.8, 4) is 6.07 Å². The maximum absolute atomic E-state index is 11.6. The van der Waals surface area contributed by atoms with Gasteiger partial charge in [0.1, 0.15) is 12.0 Å². The number of amides is 1. The molecule has 1 heterocycles. The molecule has 0 fully saturated rings. The molecule has 2 N–H and O–H groups in total. The zero-order valence-corrected chi connectivity index (χ0v) is 9.53. The lowest BCUT2D eigenvalue weighted by atomic mass is 10.2. The molecular weight excluding hydrogens is 224 g/mol. The third-order valence-corrected chi connectivity index (χ3v) is 1.92. The van der Waals surface area contributed by atoms with E-state index in [1.807, 2.05) is 0 Å². The fourth-order valence-corrected chi connectivity index (χ4v) is 1.22. The van der Waals surface area contributed by atoms with Gasteiger partial charge in [-0.15, -0.1) is 0 Å². The van der Waals surface area contributed by atoms with Gasteiger partial charge in [-0.1, -0.05) is 0 Å². The van der Waals surface area contributed by atoms with Crippen LogP contribution in [0.1, 0.15) is 29.4 Å². The number of anilines is 1. The molecule has 1 amide bonds. The van der Waals surface area contributed by atoms with E-state index in [0.29, 0.717) is 5.69 Å². The predicted molar refractivity (Wildman–Crippen MR) is 58.1 cm³/mol. The van der Waals surface area contributed by atoms with Gasteiger partial charge < -0.3 is 10.1 Å². The minimum atomic E-state index is -0.564. The average Bonchev–Trinajstić information content (AvgIpc) is 2.60. The van der Waals surface area contributed by atoms with E-state index in [9.17, 15) is 9.59 Å². The molecule has 7 nitrogen and oxygen atoms in total. The normalized spacial score (nSPS) is 9.47. The van der Waals surface area contributed by atoms with Crippen molar-refractivity contribution in [2.45, 2.75) is 20.3 Å². The van der Waals surface area contributed by atoms with Gasteiger partial charge in [0, 0.05) is 5.69 Å². The Balaban J connectivity index is 2.90. The summed E-state index contributed by atoms with van der Waals surface area (Å²) >= 11 is 0. The van der Waals surface area contributed by atoms with Crippen LogP contribution in [-0.2, 0) is 9.53 Å². The van der Waals surface area contributed by atoms with Gasteiger partial charge in [0.05, 0.1) is 12.7 Å². The highest BCUT2D eigenvalue weighted by atomic mass is 16.5. The molecule has 0 unspecified atom stereocenters. The largest absolute Gasteiger partial charge is 0.462 e. The molecule has 0 aromatic carbocycles. The van der Waals surface area contributed by atoms with Crippen molar-refractivity contribution in [2.24, 2.45) is 0 Å². The second-order valence-electron chi connectivity index (χ2n) is 3.18. The predicted octanol–water partition coefficient (Wildman–Crippen LogP) is 0.747. The lowest BCUT2D eigenvalue weighted by Crippen LogP contribution is -2.15. The van der Waals surface area contributed by atoms with Gasteiger partial charge in [0.2, 0.25) is 5.91 Å². The summed E-state index contributed by atoms with van der Waals surface area (Å²) in [5, 5.41) is 17.1. The van der Waals surface area contributed by atoms with Gasteiger partial charge in [-0.25, -0.2) is 4.79 Å². The maximum Gasteiger partial charge on any atom is 0.343 e. The summed E-state index contributed by atoms with van der Waals surface area (Å²) in [7, 11) is 0. The summed E-state index contributed by atoms with van der Waals surface area (Å²) in [6.45, 7) is 3.55. The van der Waals surface area contributed by atoms with Crippen LogP contribution in [0.15, 0.2) is 0 Å². The Kier molecular flexibility index (Phi) is 4.22. The number of nitrogens with zero attached hydrogens (tertiary/aromatic N) is 2. The van der Waals surface area contributed by atoms with Gasteiger partial charge in [-0.2, -0.15) is 10.4 Å². The highest BCUT2D eigenvalue weighted by Crippen LogP contribution is 2.17. The van der Waals surface area contributed by atoms with Crippen LogP contribution in [0.3, 0.4) is 0 Å². The number of carbonyl (C=O) groups excluding carboxylic acids is 2. The molecule has 90 valence electrons. The first-order valence-electron chi connectivity index (χ1n) is 4.99. The first kappa shape index (κ1) is 12.7. The lowest BCUT2D eigenvalue weighted by Gasteiger charge is -2.03. The summed E-state index contributed by atoms with van der Waals surface area (Å²) in [6.07, 6.45) is -0.297. The smallest absolute Gasteiger partial charge is 0.343 e. The van der Waals surface area contributed by atoms with E-state index in [-0.39, 0.29) is 24.4 Å². The number of aromatic nitrogens is 2. The topological polar surface area (TPSA) is 108 Å². The standard InChI is InChI=1S/C10H12N4O3/c1-3-17-10(16)8-6(2)13-14-9(8)12-7(15)4-5-11/h3-4H2,1-2H3,(H2,12,13,14,15). The molecule has 0 bridgehead atoms. The minimum Gasteiger partial charge on any atom is -0.462 e. The summed E-state index contributed by atoms with van der Waals surface area (Å²) in [4.78, 5) is 22.8. The van der Waals surface area contributed by atoms with Crippen LogP contribution in [0.25, 0.3) is 0 Å². The van der Waals surface area contributed by atoms with Crippen LogP contribution in [0.5, 0.6) is 0 Å². The van der Waals surface area contributed by atoms with E-state index in [1.54, 1.807) is 19.9 Å². The first-order valence-corrected chi connectivity index (χ1v) is 4.99. The van der Waals surface area contributed by atoms with Crippen molar-refractivity contribution in [2.75, 3.05) is 11.9 Å². The Morgan fingerprint density at radius 1 is 1.59 bits per heavy atom. The molecule has 0 atom stereocenters. The molecule has 0 radical (unpaired) electrons. The van der Waals surface area contributed by atoms with Crippen molar-refractivity contribution < 1.29 is 14.3 Å². The number of rotatable bonds is 4. The second kappa shape index (κ2) is 5.65. The Hall–Kier alpha value is -2.36. The van der Waals surface area contributed by atoms with Crippen molar-refractivity contribution >= 4 is 17.7 Å². The molecule has 7 heteroatoms. The van der Waals surface area contributed by atoms with E-state index in [4.69, 9.17) is 10.00 Å². The molecule has 1 rings (SSSR count). The number of hydrogen-bond acceptors (Lipinski definition) is 5. The molecule has 0 aliphatic heterocycles. The molecule has 0 spiro atoms. The van der Waals surface area contributed by atoms with E-state index >= 15 is 0 Å². The molecule has 0 aliphatic carbocycles. The average molecular weight is 236 g/mol. The Morgan fingerprint density at radius 2 is 2.29 bits per heavy atom. The summed E-state index contributed by atoms with van der Waals surface area (Å²) in [5.41, 5.74) is 0.675. The minimum absolute atomic E-state index is 0.0844. The van der Waals surface area contributed by atoms with Gasteiger partial charge >= 0.3 is 5.97 Å². The monoisotopic (exact) mass is 236 g/mol. The molecule has 1 aromatic rings. The fourth-order valence-electron chi connectivity index (χ4n) is 1.22. The number of ether oxygens (including phenoxy) is 1. The van der Waals surface area contributed by atoms with E-state index in [1.165, 1.54) is 0 Å². The Morgan fingerprint density at radius 3 is 2.88 bits per heavy atom. The van der Waals surface area contributed by atoms with E-state index in [2.05, 4.69) is 15.5 Å². The molecule has 0 aliphatic rings. The second-order valence-corrected chi connectivity index (χ2v) is 3.18. The number of nitriles is 1. The van der Waals surface area contributed by atoms with Crippen LogP contribution in [-0.4, -0.2) is 28.7 Å².